The van der Waals surface area contributed by atoms with Crippen LogP contribution in [0.15, 0.2) is 90.3 Å². The van der Waals surface area contributed by atoms with Crippen LogP contribution in [0.1, 0.15) is 5.56 Å². The monoisotopic (exact) mass is 432 g/mol. The number of rotatable bonds is 3. The second kappa shape index (κ2) is 11.6. The molecular weight excluding hydrogens is 415 g/mol. The molecule has 0 spiro atoms. The topological polar surface area (TPSA) is 37.4 Å². The van der Waals surface area contributed by atoms with E-state index in [-0.39, 0.29) is 0 Å². The van der Waals surface area contributed by atoms with Crippen molar-refractivity contribution in [2.24, 2.45) is 0 Å². The highest BCUT2D eigenvalue weighted by molar-refractivity contribution is 7.17. The molecule has 154 valence electrons. The molecule has 4 aromatic rings. The molecule has 0 aliphatic heterocycles. The Morgan fingerprint density at radius 3 is 2.00 bits per heavy atom. The van der Waals surface area contributed by atoms with Crippen LogP contribution in [0.4, 0.5) is 23.0 Å². The highest BCUT2D eigenvalue weighted by Gasteiger charge is 2.20. The van der Waals surface area contributed by atoms with Crippen molar-refractivity contribution in [1.29, 1.82) is 5.39 Å². The minimum atomic E-state index is -6.00. The lowest BCUT2D eigenvalue weighted by Crippen LogP contribution is -2.02. The molecule has 0 N–H and O–H groups in total. The van der Waals surface area contributed by atoms with Crippen molar-refractivity contribution in [1.82, 2.24) is 0 Å². The standard InChI is InChI=1S/C15H12OS.C6H5N2.BF4/c1-2-4-12(5-3-1)11-16-14-7-6-13-8-9-17-15(13)10-14;7-8-6-4-2-1-3-5-6;2-1(3,4)5/h1-10H,11H2;1-5H;/q;+1;-1. The van der Waals surface area contributed by atoms with Gasteiger partial charge in [0.25, 0.3) is 0 Å². The largest absolute Gasteiger partial charge is 0.673 e. The van der Waals surface area contributed by atoms with Gasteiger partial charge in [-0.05, 0) is 40.6 Å². The lowest BCUT2D eigenvalue weighted by atomic mass is 10.2. The second-order valence-corrected chi connectivity index (χ2v) is 6.77. The van der Waals surface area contributed by atoms with E-state index in [1.165, 1.54) is 15.6 Å². The maximum atomic E-state index is 9.75. The molecule has 0 aliphatic rings. The number of ether oxygens (including phenoxy) is 1. The van der Waals surface area contributed by atoms with Gasteiger partial charge in [-0.2, -0.15) is 0 Å². The highest BCUT2D eigenvalue weighted by atomic mass is 32.1. The van der Waals surface area contributed by atoms with Gasteiger partial charge in [-0.25, -0.2) is 0 Å². The second-order valence-electron chi connectivity index (χ2n) is 5.82. The number of diazo groups is 1. The maximum Gasteiger partial charge on any atom is 0.673 e. The van der Waals surface area contributed by atoms with Crippen LogP contribution < -0.4 is 4.74 Å². The first kappa shape index (κ1) is 22.9. The Morgan fingerprint density at radius 2 is 1.43 bits per heavy atom. The molecule has 1 aromatic heterocycles. The summed E-state index contributed by atoms with van der Waals surface area (Å²) in [5.74, 6) is 0.934. The number of fused-ring (bicyclic) bond motifs is 1. The van der Waals surface area contributed by atoms with E-state index in [9.17, 15) is 17.3 Å². The quantitative estimate of drug-likeness (QED) is 0.187. The summed E-state index contributed by atoms with van der Waals surface area (Å²) in [6, 6.07) is 27.5. The third-order valence-corrected chi connectivity index (χ3v) is 4.43. The van der Waals surface area contributed by atoms with Crippen molar-refractivity contribution >= 4 is 34.4 Å². The van der Waals surface area contributed by atoms with Crippen molar-refractivity contribution in [2.45, 2.75) is 6.61 Å². The van der Waals surface area contributed by atoms with Gasteiger partial charge in [0.15, 0.2) is 4.98 Å². The zero-order chi connectivity index (χ0) is 21.8. The molecular formula is C21H17BF4N2OS. The van der Waals surface area contributed by atoms with Gasteiger partial charge >= 0.3 is 12.9 Å². The minimum absolute atomic E-state index is 0.590. The van der Waals surface area contributed by atoms with Crippen molar-refractivity contribution in [3.8, 4) is 5.75 Å². The summed E-state index contributed by atoms with van der Waals surface area (Å²) in [5.41, 5.74) is 1.78. The van der Waals surface area contributed by atoms with Gasteiger partial charge in [0.1, 0.15) is 12.4 Å². The third kappa shape index (κ3) is 9.21. The fourth-order valence-corrected chi connectivity index (χ4v) is 3.08. The van der Waals surface area contributed by atoms with Crippen molar-refractivity contribution in [2.75, 3.05) is 0 Å². The van der Waals surface area contributed by atoms with Crippen molar-refractivity contribution in [3.63, 3.8) is 0 Å². The highest BCUT2D eigenvalue weighted by Crippen LogP contribution is 2.25. The van der Waals surface area contributed by atoms with E-state index >= 15 is 0 Å². The van der Waals surface area contributed by atoms with Crippen LogP contribution in [-0.4, -0.2) is 7.25 Å². The van der Waals surface area contributed by atoms with E-state index in [0.717, 1.165) is 5.75 Å². The predicted octanol–water partition coefficient (Wildman–Crippen LogP) is 7.95. The van der Waals surface area contributed by atoms with Crippen LogP contribution in [-0.2, 0) is 6.61 Å². The van der Waals surface area contributed by atoms with Crippen molar-refractivity contribution in [3.05, 3.63) is 101 Å². The fraction of sp³-hybridized carbons (Fsp3) is 0.0476. The molecule has 30 heavy (non-hydrogen) atoms. The SMILES string of the molecule is F[B-](F)(F)F.N#[N+]c1ccccc1.c1ccc(COc2ccc3ccsc3c2)cc1. The third-order valence-electron chi connectivity index (χ3n) is 3.55. The average Bonchev–Trinajstić information content (AvgIpc) is 3.21. The van der Waals surface area contributed by atoms with E-state index < -0.39 is 7.25 Å². The van der Waals surface area contributed by atoms with E-state index in [2.05, 4.69) is 40.7 Å². The molecule has 0 radical (unpaired) electrons. The van der Waals surface area contributed by atoms with Crippen LogP contribution >= 0.6 is 11.3 Å². The normalized spacial score (nSPS) is 10.1. The zero-order valence-electron chi connectivity index (χ0n) is 15.7. The summed E-state index contributed by atoms with van der Waals surface area (Å²) >= 11 is 1.74. The zero-order valence-corrected chi connectivity index (χ0v) is 16.5. The van der Waals surface area contributed by atoms with Gasteiger partial charge in [0.05, 0.1) is 0 Å². The first-order chi connectivity index (χ1) is 14.3. The van der Waals surface area contributed by atoms with E-state index in [1.807, 2.05) is 42.5 Å². The van der Waals surface area contributed by atoms with Crippen LogP contribution in [0.25, 0.3) is 15.1 Å². The molecule has 0 amide bonds. The first-order valence-corrected chi connectivity index (χ1v) is 9.64. The Kier molecular flexibility index (Phi) is 8.85. The average molecular weight is 432 g/mol. The number of halogens is 4. The Bertz CT molecular complexity index is 1060. The maximum absolute atomic E-state index is 9.75. The molecule has 0 unspecified atom stereocenters. The summed E-state index contributed by atoms with van der Waals surface area (Å²) < 4.78 is 46.0. The molecule has 0 saturated heterocycles. The Labute approximate surface area is 175 Å². The molecule has 0 bridgehead atoms. The summed E-state index contributed by atoms with van der Waals surface area (Å²) in [6.07, 6.45) is 0. The predicted molar refractivity (Wildman–Crippen MR) is 114 cm³/mol. The van der Waals surface area contributed by atoms with E-state index in [4.69, 9.17) is 10.1 Å². The van der Waals surface area contributed by atoms with Crippen LogP contribution in [0, 0.1) is 5.39 Å². The van der Waals surface area contributed by atoms with Gasteiger partial charge < -0.3 is 22.0 Å². The molecule has 0 aliphatic carbocycles. The Balaban J connectivity index is 0.000000205. The summed E-state index contributed by atoms with van der Waals surface area (Å²) in [7, 11) is -6.00. The molecule has 1 heterocycles. The molecule has 0 atom stereocenters. The van der Waals surface area contributed by atoms with Gasteiger partial charge in [-0.15, -0.1) is 11.3 Å². The summed E-state index contributed by atoms with van der Waals surface area (Å²) in [6.45, 7) is 0.623. The number of hydrogen-bond donors (Lipinski definition) is 0. The van der Waals surface area contributed by atoms with Gasteiger partial charge in [-0.1, -0.05) is 48.5 Å². The van der Waals surface area contributed by atoms with Crippen LogP contribution in [0.5, 0.6) is 5.75 Å². The number of hydrogen-bond acceptors (Lipinski definition) is 3. The van der Waals surface area contributed by atoms with E-state index in [0.29, 0.717) is 12.3 Å². The molecule has 4 rings (SSSR count). The fourth-order valence-electron chi connectivity index (χ4n) is 2.26. The van der Waals surface area contributed by atoms with Gasteiger partial charge in [-0.3, -0.25) is 0 Å². The van der Waals surface area contributed by atoms with Gasteiger partial charge in [0.2, 0.25) is 5.39 Å². The number of thiophene rings is 1. The lowest BCUT2D eigenvalue weighted by molar-refractivity contribution is 0.306. The minimum Gasteiger partial charge on any atom is -0.489 e. The van der Waals surface area contributed by atoms with E-state index in [1.54, 1.807) is 23.5 Å². The lowest BCUT2D eigenvalue weighted by Gasteiger charge is -2.06. The molecule has 3 aromatic carbocycles. The molecule has 3 nitrogen and oxygen atoms in total. The van der Waals surface area contributed by atoms with Crippen LogP contribution in [0.2, 0.25) is 0 Å². The van der Waals surface area contributed by atoms with Crippen molar-refractivity contribution < 1.29 is 22.0 Å². The molecule has 0 fully saturated rings. The number of benzene rings is 3. The molecule has 9 heteroatoms. The van der Waals surface area contributed by atoms with Crippen LogP contribution in [0.3, 0.4) is 0 Å². The summed E-state index contributed by atoms with van der Waals surface area (Å²) in [4.78, 5) is 2.97. The first-order valence-electron chi connectivity index (χ1n) is 8.76. The smallest absolute Gasteiger partial charge is 0.489 e. The molecule has 0 saturated carbocycles. The van der Waals surface area contributed by atoms with Gasteiger partial charge in [0, 0.05) is 16.8 Å². The Hall–Kier alpha value is -3.38. The number of nitrogens with zero attached hydrogens (tertiary/aromatic N) is 2. The summed E-state index contributed by atoms with van der Waals surface area (Å²) in [5, 5.41) is 11.5. The Morgan fingerprint density at radius 1 is 0.833 bits per heavy atom.